The molecule has 86 valence electrons. The second-order valence-electron chi connectivity index (χ2n) is 3.03. The maximum atomic E-state index is 12.8. The van der Waals surface area contributed by atoms with Gasteiger partial charge in [0.15, 0.2) is 0 Å². The fraction of sp³-hybridized carbons (Fsp3) is 0.333. The Morgan fingerprint density at radius 1 is 1.38 bits per heavy atom. The van der Waals surface area contributed by atoms with Gasteiger partial charge in [0.2, 0.25) is 0 Å². The predicted molar refractivity (Wildman–Crippen MR) is 63.0 cm³/mol. The predicted octanol–water partition coefficient (Wildman–Crippen LogP) is 2.65. The van der Waals surface area contributed by atoms with Crippen LogP contribution in [0.3, 0.4) is 0 Å². The number of aryl methyl sites for hydroxylation is 1. The van der Waals surface area contributed by atoms with Gasteiger partial charge in [-0.3, -0.25) is 4.79 Å². The number of hydrogen-bond donors (Lipinski definition) is 1. The van der Waals surface area contributed by atoms with Gasteiger partial charge in [0, 0.05) is 6.42 Å². The highest BCUT2D eigenvalue weighted by atomic mass is 19.1. The molecule has 4 heteroatoms. The molecule has 0 aliphatic heterocycles. The van der Waals surface area contributed by atoms with Crippen LogP contribution in [-0.2, 0) is 6.42 Å². The minimum Gasteiger partial charge on any atom is -0.310 e. The molecule has 0 spiro atoms. The molecular formula is C12H15FN2O. The molecule has 16 heavy (non-hydrogen) atoms. The third kappa shape index (κ3) is 2.45. The van der Waals surface area contributed by atoms with Gasteiger partial charge in [-0.25, -0.2) is 9.37 Å². The molecule has 1 N–H and O–H groups in total. The molecule has 2 rings (SSSR count). The Hall–Kier alpha value is -1.71. The number of halogens is 1. The number of nitrogens with one attached hydrogen (secondary N) is 1. The highest BCUT2D eigenvalue weighted by Crippen LogP contribution is 2.08. The third-order valence-electron chi connectivity index (χ3n) is 2.05. The van der Waals surface area contributed by atoms with Gasteiger partial charge < -0.3 is 4.98 Å². The second kappa shape index (κ2) is 5.39. The number of aromatic nitrogens is 2. The summed E-state index contributed by atoms with van der Waals surface area (Å²) in [4.78, 5) is 18.2. The minimum absolute atomic E-state index is 0.286. The van der Waals surface area contributed by atoms with E-state index >= 15 is 0 Å². The summed E-state index contributed by atoms with van der Waals surface area (Å²) >= 11 is 0. The topological polar surface area (TPSA) is 45.8 Å². The van der Waals surface area contributed by atoms with E-state index in [0.29, 0.717) is 23.1 Å². The summed E-state index contributed by atoms with van der Waals surface area (Å²) in [5.41, 5.74) is 0.248. The Morgan fingerprint density at radius 3 is 2.69 bits per heavy atom. The lowest BCUT2D eigenvalue weighted by Gasteiger charge is -1.99. The van der Waals surface area contributed by atoms with Crippen LogP contribution in [0, 0.1) is 5.82 Å². The van der Waals surface area contributed by atoms with Crippen molar-refractivity contribution in [3.8, 4) is 0 Å². The molecule has 0 saturated heterocycles. The van der Waals surface area contributed by atoms with Crippen molar-refractivity contribution < 1.29 is 4.39 Å². The summed E-state index contributed by atoms with van der Waals surface area (Å²) in [5.74, 6) is 0.197. The number of hydrogen-bond acceptors (Lipinski definition) is 2. The number of benzene rings is 1. The highest BCUT2D eigenvalue weighted by molar-refractivity contribution is 5.77. The van der Waals surface area contributed by atoms with E-state index in [2.05, 4.69) is 9.97 Å². The number of rotatable bonds is 1. The van der Waals surface area contributed by atoms with Crippen LogP contribution in [0.4, 0.5) is 4.39 Å². The van der Waals surface area contributed by atoms with Crippen molar-refractivity contribution >= 4 is 10.9 Å². The van der Waals surface area contributed by atoms with Crippen LogP contribution >= 0.6 is 0 Å². The first-order valence-electron chi connectivity index (χ1n) is 5.39. The van der Waals surface area contributed by atoms with Crippen molar-refractivity contribution in [1.82, 2.24) is 9.97 Å². The molecule has 1 aromatic heterocycles. The van der Waals surface area contributed by atoms with E-state index in [9.17, 15) is 9.18 Å². The van der Waals surface area contributed by atoms with Gasteiger partial charge in [-0.15, -0.1) is 0 Å². The van der Waals surface area contributed by atoms with E-state index in [1.54, 1.807) is 0 Å². The van der Waals surface area contributed by atoms with Gasteiger partial charge in [0.05, 0.1) is 10.9 Å². The minimum atomic E-state index is -0.422. The summed E-state index contributed by atoms with van der Waals surface area (Å²) in [5, 5.41) is 0.294. The van der Waals surface area contributed by atoms with Gasteiger partial charge in [0.25, 0.3) is 5.56 Å². The second-order valence-corrected chi connectivity index (χ2v) is 3.03. The smallest absolute Gasteiger partial charge is 0.258 e. The van der Waals surface area contributed by atoms with Crippen molar-refractivity contribution in [3.63, 3.8) is 0 Å². The number of aromatic amines is 1. The first-order chi connectivity index (χ1) is 7.70. The van der Waals surface area contributed by atoms with Crippen LogP contribution in [0.2, 0.25) is 0 Å². The molecule has 0 radical (unpaired) electrons. The Morgan fingerprint density at radius 2 is 2.06 bits per heavy atom. The van der Waals surface area contributed by atoms with Gasteiger partial charge in [-0.1, -0.05) is 20.8 Å². The van der Waals surface area contributed by atoms with Crippen LogP contribution < -0.4 is 5.56 Å². The number of fused-ring (bicyclic) bond motifs is 1. The Labute approximate surface area is 93.3 Å². The molecule has 2 aromatic rings. The van der Waals surface area contributed by atoms with Crippen LogP contribution in [0.15, 0.2) is 23.0 Å². The molecule has 0 atom stereocenters. The van der Waals surface area contributed by atoms with Crippen LogP contribution in [0.5, 0.6) is 0 Å². The zero-order chi connectivity index (χ0) is 12.1. The first kappa shape index (κ1) is 12.4. The van der Waals surface area contributed by atoms with E-state index in [1.165, 1.54) is 18.2 Å². The van der Waals surface area contributed by atoms with E-state index in [1.807, 2.05) is 20.8 Å². The lowest BCUT2D eigenvalue weighted by Crippen LogP contribution is -2.11. The maximum absolute atomic E-state index is 12.8. The highest BCUT2D eigenvalue weighted by Gasteiger charge is 2.03. The standard InChI is InChI=1S/C10H9FN2O.C2H6/c1-2-9-12-8-4-3-6(11)5-7(8)10(14)13-9;1-2/h3-5H,2H2,1H3,(H,12,13,14);1-2H3. The summed E-state index contributed by atoms with van der Waals surface area (Å²) in [7, 11) is 0. The van der Waals surface area contributed by atoms with Crippen LogP contribution in [0.25, 0.3) is 10.9 Å². The van der Waals surface area contributed by atoms with E-state index in [0.717, 1.165) is 0 Å². The maximum Gasteiger partial charge on any atom is 0.258 e. The molecular weight excluding hydrogens is 207 g/mol. The van der Waals surface area contributed by atoms with E-state index < -0.39 is 5.82 Å². The summed E-state index contributed by atoms with van der Waals surface area (Å²) in [6.45, 7) is 5.90. The van der Waals surface area contributed by atoms with E-state index in [-0.39, 0.29) is 5.56 Å². The lowest BCUT2D eigenvalue weighted by atomic mass is 10.2. The SMILES string of the molecule is CC.CCc1nc2ccc(F)cc2c(=O)[nH]1. The molecule has 0 aliphatic rings. The average Bonchev–Trinajstić information content (AvgIpc) is 2.32. The lowest BCUT2D eigenvalue weighted by molar-refractivity contribution is 0.629. The molecule has 0 fully saturated rings. The van der Waals surface area contributed by atoms with Crippen molar-refractivity contribution in [2.75, 3.05) is 0 Å². The molecule has 3 nitrogen and oxygen atoms in total. The molecule has 0 bridgehead atoms. The fourth-order valence-corrected chi connectivity index (χ4v) is 1.33. The van der Waals surface area contributed by atoms with Crippen LogP contribution in [0.1, 0.15) is 26.6 Å². The third-order valence-corrected chi connectivity index (χ3v) is 2.05. The number of H-pyrrole nitrogens is 1. The van der Waals surface area contributed by atoms with Gasteiger partial charge in [0.1, 0.15) is 11.6 Å². The molecule has 1 heterocycles. The van der Waals surface area contributed by atoms with Crippen molar-refractivity contribution in [3.05, 3.63) is 40.2 Å². The Kier molecular flexibility index (Phi) is 4.17. The Balaban J connectivity index is 0.000000606. The molecule has 0 amide bonds. The monoisotopic (exact) mass is 222 g/mol. The quantitative estimate of drug-likeness (QED) is 0.806. The molecule has 0 unspecified atom stereocenters. The normalized spacial score (nSPS) is 9.75. The zero-order valence-corrected chi connectivity index (χ0v) is 9.67. The van der Waals surface area contributed by atoms with Gasteiger partial charge in [-0.05, 0) is 18.2 Å². The van der Waals surface area contributed by atoms with Crippen molar-refractivity contribution in [2.24, 2.45) is 0 Å². The summed E-state index contributed by atoms with van der Waals surface area (Å²) < 4.78 is 12.8. The largest absolute Gasteiger partial charge is 0.310 e. The Bertz CT molecular complexity index is 534. The van der Waals surface area contributed by atoms with Gasteiger partial charge in [-0.2, -0.15) is 0 Å². The summed E-state index contributed by atoms with van der Waals surface area (Å²) in [6.07, 6.45) is 0.655. The first-order valence-corrected chi connectivity index (χ1v) is 5.39. The zero-order valence-electron chi connectivity index (χ0n) is 9.67. The molecule has 0 aliphatic carbocycles. The van der Waals surface area contributed by atoms with E-state index in [4.69, 9.17) is 0 Å². The average molecular weight is 222 g/mol. The van der Waals surface area contributed by atoms with Gasteiger partial charge >= 0.3 is 0 Å². The molecule has 1 aromatic carbocycles. The summed E-state index contributed by atoms with van der Waals surface area (Å²) in [6, 6.07) is 4.01. The fourth-order valence-electron chi connectivity index (χ4n) is 1.33. The molecule has 0 saturated carbocycles. The number of nitrogens with zero attached hydrogens (tertiary/aromatic N) is 1. The van der Waals surface area contributed by atoms with Crippen molar-refractivity contribution in [2.45, 2.75) is 27.2 Å². The van der Waals surface area contributed by atoms with Crippen molar-refractivity contribution in [1.29, 1.82) is 0 Å². The van der Waals surface area contributed by atoms with Crippen LogP contribution in [-0.4, -0.2) is 9.97 Å².